The van der Waals surface area contributed by atoms with Crippen molar-refractivity contribution in [2.45, 2.75) is 52.6 Å². The van der Waals surface area contributed by atoms with Gasteiger partial charge in [-0.05, 0) is 43.9 Å². The van der Waals surface area contributed by atoms with E-state index in [-0.39, 0.29) is 6.10 Å². The second-order valence-electron chi connectivity index (χ2n) is 6.09. The number of hydrogen-bond donors (Lipinski definition) is 1. The van der Waals surface area contributed by atoms with Crippen molar-refractivity contribution in [1.82, 2.24) is 5.48 Å². The van der Waals surface area contributed by atoms with Crippen LogP contribution in [0.15, 0.2) is 23.8 Å². The first-order chi connectivity index (χ1) is 10.6. The molecule has 2 unspecified atom stereocenters. The Morgan fingerprint density at radius 1 is 1.32 bits per heavy atom. The van der Waals surface area contributed by atoms with E-state index in [1.165, 1.54) is 22.3 Å². The third kappa shape index (κ3) is 2.68. The van der Waals surface area contributed by atoms with Crippen LogP contribution in [0.4, 0.5) is 0 Å². The first-order valence-electron chi connectivity index (χ1n) is 8.14. The highest BCUT2D eigenvalue weighted by atomic mass is 16.7. The average molecular weight is 303 g/mol. The van der Waals surface area contributed by atoms with Gasteiger partial charge in [-0.25, -0.2) is 0 Å². The van der Waals surface area contributed by atoms with Crippen LogP contribution in [0.25, 0.3) is 0 Å². The van der Waals surface area contributed by atoms with Crippen molar-refractivity contribution in [3.05, 3.63) is 46.0 Å². The normalized spacial score (nSPS) is 24.9. The van der Waals surface area contributed by atoms with Gasteiger partial charge in [0.2, 0.25) is 0 Å². The fraction of sp³-hybridized carbons (Fsp3) is 0.556. The topological polar surface area (TPSA) is 39.7 Å². The molecule has 22 heavy (non-hydrogen) atoms. The first kappa shape index (κ1) is 15.2. The summed E-state index contributed by atoms with van der Waals surface area (Å²) in [6, 6.07) is 4.53. The molecule has 1 aromatic rings. The standard InChI is InChI=1S/C18H25NO3/c1-5-15(19-21-6-2)18-20-10-14-16(22-18)9-13-8-11(3)7-12(4)17(13)14/h7-8,14,16,19H,5-6,9-10H2,1-4H3. The summed E-state index contributed by atoms with van der Waals surface area (Å²) in [6.45, 7) is 9.63. The van der Waals surface area contributed by atoms with Crippen molar-refractivity contribution in [2.24, 2.45) is 0 Å². The van der Waals surface area contributed by atoms with Crippen molar-refractivity contribution in [3.8, 4) is 0 Å². The second-order valence-corrected chi connectivity index (χ2v) is 6.09. The molecule has 4 nitrogen and oxygen atoms in total. The number of rotatable bonds is 4. The third-order valence-corrected chi connectivity index (χ3v) is 4.45. The lowest BCUT2D eigenvalue weighted by Gasteiger charge is -2.31. The maximum absolute atomic E-state index is 6.15. The zero-order valence-corrected chi connectivity index (χ0v) is 13.9. The monoisotopic (exact) mass is 303 g/mol. The zero-order chi connectivity index (χ0) is 15.7. The smallest absolute Gasteiger partial charge is 0.301 e. The molecule has 2 atom stereocenters. The summed E-state index contributed by atoms with van der Waals surface area (Å²) in [5, 5.41) is 0. The Labute approximate surface area is 132 Å². The van der Waals surface area contributed by atoms with Crippen LogP contribution >= 0.6 is 0 Å². The van der Waals surface area contributed by atoms with E-state index in [2.05, 4.69) is 38.4 Å². The molecule has 3 rings (SSSR count). The number of ether oxygens (including phenoxy) is 2. The van der Waals surface area contributed by atoms with Gasteiger partial charge in [-0.2, -0.15) is 0 Å². The lowest BCUT2D eigenvalue weighted by molar-refractivity contribution is -0.0810. The molecule has 4 heteroatoms. The number of hydroxylamine groups is 1. The average Bonchev–Trinajstić information content (AvgIpc) is 2.85. The molecule has 1 fully saturated rings. The van der Waals surface area contributed by atoms with Crippen molar-refractivity contribution < 1.29 is 14.3 Å². The van der Waals surface area contributed by atoms with E-state index in [1.54, 1.807) is 0 Å². The molecule has 2 aliphatic rings. The summed E-state index contributed by atoms with van der Waals surface area (Å²) in [5.74, 6) is 0.934. The Bertz CT molecular complexity index is 594. The van der Waals surface area contributed by atoms with Crippen LogP contribution in [-0.2, 0) is 20.7 Å². The quantitative estimate of drug-likeness (QED) is 0.865. The van der Waals surface area contributed by atoms with Crippen LogP contribution < -0.4 is 5.48 Å². The number of nitrogens with one attached hydrogen (secondary N) is 1. The van der Waals surface area contributed by atoms with Crippen LogP contribution in [0.5, 0.6) is 0 Å². The Balaban J connectivity index is 1.82. The predicted molar refractivity (Wildman–Crippen MR) is 85.3 cm³/mol. The van der Waals surface area contributed by atoms with Gasteiger partial charge in [-0.3, -0.25) is 10.3 Å². The van der Waals surface area contributed by atoms with E-state index >= 15 is 0 Å². The van der Waals surface area contributed by atoms with E-state index in [1.807, 2.05) is 6.92 Å². The van der Waals surface area contributed by atoms with Gasteiger partial charge in [0.05, 0.1) is 12.5 Å². The van der Waals surface area contributed by atoms with E-state index in [0.717, 1.165) is 18.5 Å². The molecule has 0 saturated carbocycles. The highest BCUT2D eigenvalue weighted by molar-refractivity contribution is 5.45. The Hall–Kier alpha value is -1.68. The van der Waals surface area contributed by atoms with Crippen molar-refractivity contribution in [1.29, 1.82) is 0 Å². The number of hydrogen-bond acceptors (Lipinski definition) is 4. The van der Waals surface area contributed by atoms with Gasteiger partial charge in [-0.1, -0.05) is 24.6 Å². The van der Waals surface area contributed by atoms with Crippen LogP contribution in [-0.4, -0.2) is 19.3 Å². The molecule has 0 amide bonds. The van der Waals surface area contributed by atoms with Crippen LogP contribution in [0.2, 0.25) is 0 Å². The minimum atomic E-state index is 0.171. The van der Waals surface area contributed by atoms with Gasteiger partial charge < -0.3 is 9.47 Å². The zero-order valence-electron chi connectivity index (χ0n) is 13.9. The fourth-order valence-corrected chi connectivity index (χ4v) is 3.54. The summed E-state index contributed by atoms with van der Waals surface area (Å²) in [4.78, 5) is 5.28. The number of benzene rings is 1. The van der Waals surface area contributed by atoms with Gasteiger partial charge >= 0.3 is 5.95 Å². The van der Waals surface area contributed by atoms with Gasteiger partial charge in [0.15, 0.2) is 0 Å². The van der Waals surface area contributed by atoms with Crippen LogP contribution in [0.3, 0.4) is 0 Å². The largest absolute Gasteiger partial charge is 0.463 e. The van der Waals surface area contributed by atoms with E-state index in [4.69, 9.17) is 14.3 Å². The summed E-state index contributed by atoms with van der Waals surface area (Å²) in [5.41, 5.74) is 9.32. The summed E-state index contributed by atoms with van der Waals surface area (Å²) >= 11 is 0. The number of fused-ring (bicyclic) bond motifs is 3. The molecule has 1 aliphatic heterocycles. The van der Waals surface area contributed by atoms with Gasteiger partial charge in [0.25, 0.3) is 0 Å². The van der Waals surface area contributed by atoms with E-state index < -0.39 is 0 Å². The minimum Gasteiger partial charge on any atom is -0.463 e. The Morgan fingerprint density at radius 2 is 2.14 bits per heavy atom. The predicted octanol–water partition coefficient (Wildman–Crippen LogP) is 3.48. The third-order valence-electron chi connectivity index (χ3n) is 4.45. The Morgan fingerprint density at radius 3 is 2.86 bits per heavy atom. The lowest BCUT2D eigenvalue weighted by Crippen LogP contribution is -2.31. The SMILES string of the molecule is CCONC(CC)=C1OCC2c3c(C)cc(C)cc3CC2O1. The van der Waals surface area contributed by atoms with Crippen molar-refractivity contribution >= 4 is 0 Å². The molecule has 120 valence electrons. The summed E-state index contributed by atoms with van der Waals surface area (Å²) < 4.78 is 12.1. The second kappa shape index (κ2) is 6.21. The van der Waals surface area contributed by atoms with E-state index in [0.29, 0.717) is 25.1 Å². The Kier molecular flexibility index (Phi) is 4.30. The molecular formula is C18H25NO3. The number of allylic oxidation sites excluding steroid dienone is 1. The number of aryl methyl sites for hydroxylation is 2. The molecule has 0 spiro atoms. The molecule has 0 radical (unpaired) electrons. The maximum atomic E-state index is 6.15. The molecular weight excluding hydrogens is 278 g/mol. The molecule has 1 saturated heterocycles. The van der Waals surface area contributed by atoms with Gasteiger partial charge in [0, 0.05) is 6.42 Å². The van der Waals surface area contributed by atoms with Crippen molar-refractivity contribution in [3.63, 3.8) is 0 Å². The highest BCUT2D eigenvalue weighted by Gasteiger charge is 2.40. The molecule has 1 aliphatic carbocycles. The van der Waals surface area contributed by atoms with Crippen LogP contribution in [0, 0.1) is 13.8 Å². The van der Waals surface area contributed by atoms with Crippen LogP contribution in [0.1, 0.15) is 48.4 Å². The minimum absolute atomic E-state index is 0.171. The molecule has 1 N–H and O–H groups in total. The molecule has 0 aromatic heterocycles. The maximum Gasteiger partial charge on any atom is 0.301 e. The van der Waals surface area contributed by atoms with Gasteiger partial charge in [-0.15, -0.1) is 0 Å². The lowest BCUT2D eigenvalue weighted by atomic mass is 9.94. The fourth-order valence-electron chi connectivity index (χ4n) is 3.54. The van der Waals surface area contributed by atoms with Crippen molar-refractivity contribution in [2.75, 3.05) is 13.2 Å². The first-order valence-corrected chi connectivity index (χ1v) is 8.14. The van der Waals surface area contributed by atoms with E-state index in [9.17, 15) is 0 Å². The summed E-state index contributed by atoms with van der Waals surface area (Å²) in [7, 11) is 0. The highest BCUT2D eigenvalue weighted by Crippen LogP contribution is 2.42. The summed E-state index contributed by atoms with van der Waals surface area (Å²) in [6.07, 6.45) is 1.92. The molecule has 0 bridgehead atoms. The van der Waals surface area contributed by atoms with Gasteiger partial charge in [0.1, 0.15) is 18.4 Å². The molecule has 1 aromatic carbocycles. The molecule has 1 heterocycles.